The highest BCUT2D eigenvalue weighted by Gasteiger charge is 2.35. The molecule has 3 aromatic carbocycles. The van der Waals surface area contributed by atoms with E-state index in [4.69, 9.17) is 14.2 Å². The fourth-order valence-electron chi connectivity index (χ4n) is 4.33. The van der Waals surface area contributed by atoms with E-state index < -0.39 is 33.9 Å². The summed E-state index contributed by atoms with van der Waals surface area (Å²) >= 11 is 0. The number of methoxy groups -OCH3 is 2. The number of nitrogens with one attached hydrogen (secondary N) is 1. The molecule has 0 saturated carbocycles. The van der Waals surface area contributed by atoms with E-state index in [1.807, 2.05) is 38.1 Å². The molecule has 0 fully saturated rings. The second-order valence-corrected chi connectivity index (χ2v) is 11.1. The normalized spacial score (nSPS) is 16.2. The predicted octanol–water partition coefficient (Wildman–Crippen LogP) is 4.46. The molecule has 10 heteroatoms. The minimum atomic E-state index is -4.25. The third-order valence-corrected chi connectivity index (χ3v) is 7.83. The maximum atomic E-state index is 13.8. The lowest BCUT2D eigenvalue weighted by Crippen LogP contribution is -2.45. The van der Waals surface area contributed by atoms with Gasteiger partial charge in [0.1, 0.15) is 23.7 Å². The Bertz CT molecular complexity index is 1390. The van der Waals surface area contributed by atoms with E-state index in [0.717, 1.165) is 22.0 Å². The van der Waals surface area contributed by atoms with Gasteiger partial charge < -0.3 is 19.5 Å². The van der Waals surface area contributed by atoms with Gasteiger partial charge in [0.15, 0.2) is 11.5 Å². The zero-order valence-electron chi connectivity index (χ0n) is 21.0. The molecule has 0 spiro atoms. The molecule has 4 rings (SSSR count). The summed E-state index contributed by atoms with van der Waals surface area (Å²) in [4.78, 5) is 13.2. The van der Waals surface area contributed by atoms with Gasteiger partial charge in [-0.05, 0) is 56.3 Å². The zero-order valence-corrected chi connectivity index (χ0v) is 21.8. The van der Waals surface area contributed by atoms with Crippen LogP contribution >= 0.6 is 0 Å². The van der Waals surface area contributed by atoms with Crippen molar-refractivity contribution in [3.05, 3.63) is 78.1 Å². The van der Waals surface area contributed by atoms with Crippen molar-refractivity contribution in [1.82, 2.24) is 5.32 Å². The number of hydrogen-bond acceptors (Lipinski definition) is 6. The van der Waals surface area contributed by atoms with Crippen molar-refractivity contribution in [2.24, 2.45) is 0 Å². The third kappa shape index (κ3) is 5.64. The lowest BCUT2D eigenvalue weighted by Gasteiger charge is -2.38. The van der Waals surface area contributed by atoms with Crippen molar-refractivity contribution in [3.63, 3.8) is 0 Å². The molecule has 0 aromatic heterocycles. The molecule has 1 aliphatic heterocycles. The second-order valence-electron chi connectivity index (χ2n) is 9.23. The Hall–Kier alpha value is -3.79. The van der Waals surface area contributed by atoms with Crippen LogP contribution in [0.1, 0.15) is 31.9 Å². The Kier molecular flexibility index (Phi) is 7.31. The number of fused-ring (bicyclic) bond motifs is 1. The van der Waals surface area contributed by atoms with Crippen LogP contribution in [-0.2, 0) is 14.8 Å². The number of rotatable bonds is 8. The van der Waals surface area contributed by atoms with Crippen LogP contribution in [0.15, 0.2) is 71.6 Å². The first kappa shape index (κ1) is 26.3. The zero-order chi connectivity index (χ0) is 26.8. The predicted molar refractivity (Wildman–Crippen MR) is 137 cm³/mol. The van der Waals surface area contributed by atoms with E-state index >= 15 is 0 Å². The van der Waals surface area contributed by atoms with Crippen molar-refractivity contribution in [2.45, 2.75) is 36.8 Å². The van der Waals surface area contributed by atoms with Gasteiger partial charge >= 0.3 is 0 Å². The monoisotopic (exact) mass is 528 g/mol. The third-order valence-electron chi connectivity index (χ3n) is 6.06. The number of nitrogens with zero attached hydrogens (tertiary/aromatic N) is 1. The molecule has 1 N–H and O–H groups in total. The highest BCUT2D eigenvalue weighted by molar-refractivity contribution is 7.92. The maximum absolute atomic E-state index is 13.8. The number of benzene rings is 3. The summed E-state index contributed by atoms with van der Waals surface area (Å²) in [6, 6.07) is 16.1. The van der Waals surface area contributed by atoms with Crippen molar-refractivity contribution >= 4 is 21.6 Å². The Morgan fingerprint density at radius 2 is 1.73 bits per heavy atom. The molecule has 1 heterocycles. The topological polar surface area (TPSA) is 94.2 Å². The van der Waals surface area contributed by atoms with Crippen LogP contribution in [0.4, 0.5) is 10.1 Å². The summed E-state index contributed by atoms with van der Waals surface area (Å²) in [5, 5.41) is 2.96. The molecule has 1 atom stereocenters. The van der Waals surface area contributed by atoms with Gasteiger partial charge in [0.2, 0.25) is 5.91 Å². The molecule has 0 saturated heterocycles. The molecule has 3 aromatic rings. The van der Waals surface area contributed by atoms with Gasteiger partial charge in [-0.25, -0.2) is 12.8 Å². The lowest BCUT2D eigenvalue weighted by molar-refractivity contribution is -0.120. The summed E-state index contributed by atoms with van der Waals surface area (Å²) in [6.45, 7) is 3.32. The summed E-state index contributed by atoms with van der Waals surface area (Å²) in [5.41, 5.74) is 0.416. The van der Waals surface area contributed by atoms with Crippen LogP contribution in [0.2, 0.25) is 0 Å². The summed E-state index contributed by atoms with van der Waals surface area (Å²) < 4.78 is 58.6. The Labute approximate surface area is 216 Å². The number of ether oxygens (including phenoxy) is 3. The molecule has 196 valence electrons. The van der Waals surface area contributed by atoms with E-state index in [1.54, 1.807) is 0 Å². The molecule has 37 heavy (non-hydrogen) atoms. The van der Waals surface area contributed by atoms with Gasteiger partial charge in [0.05, 0.1) is 30.8 Å². The van der Waals surface area contributed by atoms with Crippen LogP contribution in [-0.4, -0.2) is 40.7 Å². The van der Waals surface area contributed by atoms with Crippen molar-refractivity contribution in [3.8, 4) is 17.2 Å². The van der Waals surface area contributed by atoms with Gasteiger partial charge in [-0.15, -0.1) is 0 Å². The lowest BCUT2D eigenvalue weighted by atomic mass is 9.89. The van der Waals surface area contributed by atoms with Gasteiger partial charge in [0, 0.05) is 18.1 Å². The van der Waals surface area contributed by atoms with Crippen LogP contribution < -0.4 is 23.8 Å². The Balaban J connectivity index is 1.67. The van der Waals surface area contributed by atoms with Crippen molar-refractivity contribution in [2.75, 3.05) is 25.1 Å². The number of carbonyl (C=O) groups excluding carboxylic acids is 1. The minimum absolute atomic E-state index is 0.111. The van der Waals surface area contributed by atoms with Crippen LogP contribution in [0.5, 0.6) is 17.2 Å². The standard InChI is InChI=1S/C27H29FN2O6S/c1-27(2)16-22(21-7-5-6-8-23(21)36-27)29-26(31)17-30(19-11-9-18(28)10-12-19)37(32,33)20-13-14-24(34-3)25(15-20)35-4/h5-15,22H,16-17H2,1-4H3,(H,29,31). The maximum Gasteiger partial charge on any atom is 0.264 e. The van der Waals surface area contributed by atoms with Crippen LogP contribution in [0.3, 0.4) is 0 Å². The Morgan fingerprint density at radius 1 is 1.05 bits per heavy atom. The molecular formula is C27H29FN2O6S. The molecule has 1 unspecified atom stereocenters. The first-order chi connectivity index (χ1) is 17.5. The highest BCUT2D eigenvalue weighted by atomic mass is 32.2. The molecule has 8 nitrogen and oxygen atoms in total. The first-order valence-electron chi connectivity index (χ1n) is 11.6. The number of carbonyl (C=O) groups is 1. The second kappa shape index (κ2) is 10.3. The number of amides is 1. The van der Waals surface area contributed by atoms with E-state index in [1.165, 1.54) is 44.6 Å². The smallest absolute Gasteiger partial charge is 0.264 e. The summed E-state index contributed by atoms with van der Waals surface area (Å²) in [6.07, 6.45) is 0.495. The highest BCUT2D eigenvalue weighted by Crippen LogP contribution is 2.39. The van der Waals surface area contributed by atoms with E-state index in [9.17, 15) is 17.6 Å². The largest absolute Gasteiger partial charge is 0.493 e. The number of halogens is 1. The quantitative estimate of drug-likeness (QED) is 0.464. The number of sulfonamides is 1. The number of para-hydroxylation sites is 1. The molecule has 0 bridgehead atoms. The van der Waals surface area contributed by atoms with E-state index in [0.29, 0.717) is 17.9 Å². The first-order valence-corrected chi connectivity index (χ1v) is 13.1. The molecule has 0 aliphatic carbocycles. The van der Waals surface area contributed by atoms with Crippen molar-refractivity contribution in [1.29, 1.82) is 0 Å². The van der Waals surface area contributed by atoms with Gasteiger partial charge in [-0.1, -0.05) is 18.2 Å². The average molecular weight is 529 g/mol. The average Bonchev–Trinajstić information content (AvgIpc) is 2.86. The molecule has 0 radical (unpaired) electrons. The van der Waals surface area contributed by atoms with Gasteiger partial charge in [0.25, 0.3) is 10.0 Å². The van der Waals surface area contributed by atoms with Crippen LogP contribution in [0.25, 0.3) is 0 Å². The van der Waals surface area contributed by atoms with E-state index in [2.05, 4.69) is 5.32 Å². The summed E-state index contributed by atoms with van der Waals surface area (Å²) in [5.74, 6) is 0.183. The van der Waals surface area contributed by atoms with E-state index in [-0.39, 0.29) is 22.4 Å². The molecule has 1 amide bonds. The fraction of sp³-hybridized carbons (Fsp3) is 0.296. The molecular weight excluding hydrogens is 499 g/mol. The number of anilines is 1. The number of hydrogen-bond donors (Lipinski definition) is 1. The van der Waals surface area contributed by atoms with Gasteiger partial charge in [-0.2, -0.15) is 0 Å². The van der Waals surface area contributed by atoms with Crippen molar-refractivity contribution < 1.29 is 31.8 Å². The van der Waals surface area contributed by atoms with Gasteiger partial charge in [-0.3, -0.25) is 9.10 Å². The fourth-order valence-corrected chi connectivity index (χ4v) is 5.76. The van der Waals surface area contributed by atoms with Crippen LogP contribution in [0, 0.1) is 5.82 Å². The molecule has 1 aliphatic rings. The Morgan fingerprint density at radius 3 is 2.41 bits per heavy atom. The SMILES string of the molecule is COc1ccc(S(=O)(=O)N(CC(=O)NC2CC(C)(C)Oc3ccccc32)c2ccc(F)cc2)cc1OC. The summed E-state index contributed by atoms with van der Waals surface area (Å²) in [7, 11) is -1.42. The minimum Gasteiger partial charge on any atom is -0.493 e.